The summed E-state index contributed by atoms with van der Waals surface area (Å²) in [6.07, 6.45) is 1.07. The molecule has 0 spiro atoms. The van der Waals surface area contributed by atoms with Gasteiger partial charge in [0, 0.05) is 18.1 Å². The second-order valence-corrected chi connectivity index (χ2v) is 5.93. The standard InChI is InChI=1S/C15H17ClN4O3/c1-10(21)14-8-20(18-17-14)12-6-19(7-12)15(22)9-23-13-4-2-11(16)3-5-13/h2-5,8,10,12,21H,6-7,9H2,1H3/t10-/m1/s1. The molecule has 0 unspecified atom stereocenters. The van der Waals surface area contributed by atoms with E-state index >= 15 is 0 Å². The molecule has 122 valence electrons. The Hall–Kier alpha value is -2.12. The number of nitrogens with zero attached hydrogens (tertiary/aromatic N) is 4. The van der Waals surface area contributed by atoms with Gasteiger partial charge >= 0.3 is 0 Å². The predicted molar refractivity (Wildman–Crippen MR) is 83.2 cm³/mol. The normalized spacial score (nSPS) is 16.0. The SMILES string of the molecule is C[C@@H](O)c1cn(C2CN(C(=O)COc3ccc(Cl)cc3)C2)nn1. The zero-order chi connectivity index (χ0) is 16.4. The van der Waals surface area contributed by atoms with E-state index in [-0.39, 0.29) is 18.6 Å². The van der Waals surface area contributed by atoms with Gasteiger partial charge in [-0.15, -0.1) is 5.10 Å². The van der Waals surface area contributed by atoms with Crippen LogP contribution < -0.4 is 4.74 Å². The van der Waals surface area contributed by atoms with Crippen LogP contribution in [0.1, 0.15) is 24.8 Å². The first-order valence-corrected chi connectivity index (χ1v) is 7.66. The molecule has 3 rings (SSSR count). The first kappa shape index (κ1) is 15.8. The molecule has 1 aliphatic heterocycles. The summed E-state index contributed by atoms with van der Waals surface area (Å²) in [4.78, 5) is 13.7. The van der Waals surface area contributed by atoms with Crippen molar-refractivity contribution in [2.24, 2.45) is 0 Å². The Balaban J connectivity index is 1.46. The van der Waals surface area contributed by atoms with Gasteiger partial charge in [0.1, 0.15) is 11.4 Å². The van der Waals surface area contributed by atoms with E-state index in [0.717, 1.165) is 0 Å². The number of amides is 1. The molecule has 2 aromatic rings. The summed E-state index contributed by atoms with van der Waals surface area (Å²) in [5, 5.41) is 17.9. The van der Waals surface area contributed by atoms with Crippen LogP contribution in [0.25, 0.3) is 0 Å². The van der Waals surface area contributed by atoms with Crippen LogP contribution in [0.2, 0.25) is 5.02 Å². The number of aliphatic hydroxyl groups is 1. The molecule has 0 saturated carbocycles. The first-order chi connectivity index (χ1) is 11.0. The van der Waals surface area contributed by atoms with Crippen LogP contribution in [0.3, 0.4) is 0 Å². The highest BCUT2D eigenvalue weighted by atomic mass is 35.5. The van der Waals surface area contributed by atoms with E-state index < -0.39 is 6.10 Å². The average molecular weight is 337 g/mol. The monoisotopic (exact) mass is 336 g/mol. The van der Waals surface area contributed by atoms with Gasteiger partial charge in [0.25, 0.3) is 5.91 Å². The van der Waals surface area contributed by atoms with Crippen molar-refractivity contribution in [1.29, 1.82) is 0 Å². The number of likely N-dealkylation sites (tertiary alicyclic amines) is 1. The Morgan fingerprint density at radius 3 is 2.74 bits per heavy atom. The minimum Gasteiger partial charge on any atom is -0.484 e. The highest BCUT2D eigenvalue weighted by Gasteiger charge is 2.33. The van der Waals surface area contributed by atoms with E-state index in [2.05, 4.69) is 10.3 Å². The van der Waals surface area contributed by atoms with Crippen LogP contribution in [0.15, 0.2) is 30.5 Å². The van der Waals surface area contributed by atoms with Gasteiger partial charge in [0.15, 0.2) is 6.61 Å². The number of hydrogen-bond acceptors (Lipinski definition) is 5. The number of hydrogen-bond donors (Lipinski definition) is 1. The minimum absolute atomic E-state index is 0.00929. The number of aromatic nitrogens is 3. The van der Waals surface area contributed by atoms with Crippen molar-refractivity contribution in [3.05, 3.63) is 41.2 Å². The lowest BCUT2D eigenvalue weighted by Crippen LogP contribution is -2.52. The Kier molecular flexibility index (Phi) is 4.49. The second kappa shape index (κ2) is 6.55. The minimum atomic E-state index is -0.644. The number of benzene rings is 1. The summed E-state index contributed by atoms with van der Waals surface area (Å²) in [5.74, 6) is 0.532. The van der Waals surface area contributed by atoms with Gasteiger partial charge in [-0.2, -0.15) is 0 Å². The van der Waals surface area contributed by atoms with Crippen molar-refractivity contribution in [3.63, 3.8) is 0 Å². The third kappa shape index (κ3) is 3.62. The number of ether oxygens (including phenoxy) is 1. The lowest BCUT2D eigenvalue weighted by atomic mass is 10.1. The molecule has 2 heterocycles. The number of carbonyl (C=O) groups excluding carboxylic acids is 1. The fourth-order valence-electron chi connectivity index (χ4n) is 2.25. The van der Waals surface area contributed by atoms with Gasteiger partial charge in [-0.25, -0.2) is 4.68 Å². The summed E-state index contributed by atoms with van der Waals surface area (Å²) < 4.78 is 7.12. The van der Waals surface area contributed by atoms with E-state index in [9.17, 15) is 9.90 Å². The molecule has 23 heavy (non-hydrogen) atoms. The third-order valence-corrected chi connectivity index (χ3v) is 3.97. The van der Waals surface area contributed by atoms with Crippen molar-refractivity contribution in [1.82, 2.24) is 19.9 Å². The van der Waals surface area contributed by atoms with E-state index in [0.29, 0.717) is 29.6 Å². The molecule has 0 aliphatic carbocycles. The summed E-state index contributed by atoms with van der Waals surface area (Å²) in [6.45, 7) is 2.75. The molecule has 1 aliphatic rings. The highest BCUT2D eigenvalue weighted by molar-refractivity contribution is 6.30. The topological polar surface area (TPSA) is 80.5 Å². The maximum absolute atomic E-state index is 12.0. The van der Waals surface area contributed by atoms with Crippen LogP contribution in [-0.4, -0.2) is 50.6 Å². The molecule has 1 amide bonds. The Bertz CT molecular complexity index is 680. The quantitative estimate of drug-likeness (QED) is 0.893. The van der Waals surface area contributed by atoms with Gasteiger partial charge in [0.05, 0.1) is 18.3 Å². The predicted octanol–water partition coefficient (Wildman–Crippen LogP) is 1.45. The molecule has 1 aromatic carbocycles. The van der Waals surface area contributed by atoms with Gasteiger partial charge in [-0.3, -0.25) is 4.79 Å². The largest absolute Gasteiger partial charge is 0.484 e. The second-order valence-electron chi connectivity index (χ2n) is 5.49. The Morgan fingerprint density at radius 2 is 2.13 bits per heavy atom. The van der Waals surface area contributed by atoms with Crippen molar-refractivity contribution < 1.29 is 14.6 Å². The van der Waals surface area contributed by atoms with Crippen LogP contribution in [0.4, 0.5) is 0 Å². The maximum Gasteiger partial charge on any atom is 0.260 e. The zero-order valence-electron chi connectivity index (χ0n) is 12.6. The zero-order valence-corrected chi connectivity index (χ0v) is 13.3. The fraction of sp³-hybridized carbons (Fsp3) is 0.400. The number of halogens is 1. The van der Waals surface area contributed by atoms with Crippen molar-refractivity contribution in [2.45, 2.75) is 19.1 Å². The Labute approximate surface area is 138 Å². The number of aliphatic hydroxyl groups excluding tert-OH is 1. The van der Waals surface area contributed by atoms with Gasteiger partial charge in [0.2, 0.25) is 0 Å². The summed E-state index contributed by atoms with van der Waals surface area (Å²) in [6, 6.07) is 6.97. The molecule has 0 radical (unpaired) electrons. The van der Waals surface area contributed by atoms with Crippen LogP contribution in [-0.2, 0) is 4.79 Å². The number of carbonyl (C=O) groups is 1. The molecular weight excluding hydrogens is 320 g/mol. The summed E-state index contributed by atoms with van der Waals surface area (Å²) in [7, 11) is 0. The number of rotatable bonds is 5. The summed E-state index contributed by atoms with van der Waals surface area (Å²) >= 11 is 5.79. The van der Waals surface area contributed by atoms with Gasteiger partial charge < -0.3 is 14.7 Å². The van der Waals surface area contributed by atoms with Crippen LogP contribution >= 0.6 is 11.6 Å². The third-order valence-electron chi connectivity index (χ3n) is 3.72. The highest BCUT2D eigenvalue weighted by Crippen LogP contribution is 2.22. The van der Waals surface area contributed by atoms with Gasteiger partial charge in [-0.1, -0.05) is 16.8 Å². The smallest absolute Gasteiger partial charge is 0.260 e. The summed E-state index contributed by atoms with van der Waals surface area (Å²) in [5.41, 5.74) is 0.529. The van der Waals surface area contributed by atoms with E-state index in [4.69, 9.17) is 16.3 Å². The van der Waals surface area contributed by atoms with E-state index in [1.807, 2.05) is 0 Å². The molecule has 1 fully saturated rings. The molecule has 1 aromatic heterocycles. The lowest BCUT2D eigenvalue weighted by Gasteiger charge is -2.38. The first-order valence-electron chi connectivity index (χ1n) is 7.29. The molecule has 1 atom stereocenters. The lowest BCUT2D eigenvalue weighted by molar-refractivity contribution is -0.139. The maximum atomic E-state index is 12.0. The molecule has 0 bridgehead atoms. The average Bonchev–Trinajstić information content (AvgIpc) is 2.95. The van der Waals surface area contributed by atoms with Crippen molar-refractivity contribution >= 4 is 17.5 Å². The molecule has 7 nitrogen and oxygen atoms in total. The van der Waals surface area contributed by atoms with Crippen molar-refractivity contribution in [3.8, 4) is 5.75 Å². The van der Waals surface area contributed by atoms with Crippen molar-refractivity contribution in [2.75, 3.05) is 19.7 Å². The van der Waals surface area contributed by atoms with Crippen LogP contribution in [0.5, 0.6) is 5.75 Å². The molecule has 8 heteroatoms. The van der Waals surface area contributed by atoms with E-state index in [1.165, 1.54) is 0 Å². The van der Waals surface area contributed by atoms with E-state index in [1.54, 1.807) is 47.0 Å². The molecule has 1 saturated heterocycles. The van der Waals surface area contributed by atoms with Crippen LogP contribution in [0, 0.1) is 0 Å². The molecular formula is C15H17ClN4O3. The fourth-order valence-corrected chi connectivity index (χ4v) is 2.38. The Morgan fingerprint density at radius 1 is 1.43 bits per heavy atom. The van der Waals surface area contributed by atoms with Gasteiger partial charge in [-0.05, 0) is 31.2 Å². The molecule has 1 N–H and O–H groups in total.